The standard InChI is InChI=1S/C13H16N2O2/c1-2-13(16)15-11-6-5-7-12(10-11)17-9-4-3-8-14/h5-7,10H,2-4,9H2,1H3,(H,15,16). The third kappa shape index (κ3) is 5.03. The van der Waals surface area contributed by atoms with Crippen molar-refractivity contribution in [1.29, 1.82) is 5.26 Å². The Bertz CT molecular complexity index is 410. The molecule has 0 saturated heterocycles. The first-order valence-corrected chi connectivity index (χ1v) is 5.66. The number of rotatable bonds is 6. The molecule has 1 amide bonds. The highest BCUT2D eigenvalue weighted by molar-refractivity contribution is 5.90. The fraction of sp³-hybridized carbons (Fsp3) is 0.385. The average molecular weight is 232 g/mol. The van der Waals surface area contributed by atoms with Gasteiger partial charge < -0.3 is 10.1 Å². The highest BCUT2D eigenvalue weighted by Gasteiger charge is 2.00. The largest absolute Gasteiger partial charge is 0.493 e. The number of hydrogen-bond donors (Lipinski definition) is 1. The van der Waals surface area contributed by atoms with E-state index in [0.717, 1.165) is 5.69 Å². The van der Waals surface area contributed by atoms with Gasteiger partial charge in [-0.25, -0.2) is 0 Å². The molecule has 0 aromatic heterocycles. The minimum Gasteiger partial charge on any atom is -0.493 e. The Kier molecular flexibility index (Phi) is 5.59. The van der Waals surface area contributed by atoms with Crippen LogP contribution in [0.25, 0.3) is 0 Å². The Morgan fingerprint density at radius 3 is 3.06 bits per heavy atom. The summed E-state index contributed by atoms with van der Waals surface area (Å²) in [5.41, 5.74) is 0.731. The third-order valence-electron chi connectivity index (χ3n) is 2.14. The van der Waals surface area contributed by atoms with E-state index in [0.29, 0.717) is 31.6 Å². The minimum atomic E-state index is -0.0216. The number of nitriles is 1. The maximum absolute atomic E-state index is 11.2. The van der Waals surface area contributed by atoms with Crippen molar-refractivity contribution in [2.24, 2.45) is 0 Å². The smallest absolute Gasteiger partial charge is 0.224 e. The summed E-state index contributed by atoms with van der Waals surface area (Å²) in [6, 6.07) is 9.31. The van der Waals surface area contributed by atoms with Gasteiger partial charge in [0.2, 0.25) is 5.91 Å². The maximum atomic E-state index is 11.2. The van der Waals surface area contributed by atoms with Crippen molar-refractivity contribution in [3.63, 3.8) is 0 Å². The van der Waals surface area contributed by atoms with E-state index in [1.807, 2.05) is 18.2 Å². The number of nitrogens with zero attached hydrogens (tertiary/aromatic N) is 1. The second-order valence-corrected chi connectivity index (χ2v) is 3.54. The number of ether oxygens (including phenoxy) is 1. The van der Waals surface area contributed by atoms with E-state index < -0.39 is 0 Å². The molecule has 0 heterocycles. The van der Waals surface area contributed by atoms with E-state index >= 15 is 0 Å². The van der Waals surface area contributed by atoms with Crippen LogP contribution in [0.4, 0.5) is 5.69 Å². The van der Waals surface area contributed by atoms with E-state index in [9.17, 15) is 4.79 Å². The van der Waals surface area contributed by atoms with Crippen LogP contribution in [0, 0.1) is 11.3 Å². The number of hydrogen-bond acceptors (Lipinski definition) is 3. The van der Waals surface area contributed by atoms with Gasteiger partial charge in [0, 0.05) is 24.6 Å². The SMILES string of the molecule is CCC(=O)Nc1cccc(OCCCC#N)c1. The van der Waals surface area contributed by atoms with Crippen molar-refractivity contribution in [2.45, 2.75) is 26.2 Å². The summed E-state index contributed by atoms with van der Waals surface area (Å²) in [7, 11) is 0. The van der Waals surface area contributed by atoms with Gasteiger partial charge in [0.25, 0.3) is 0 Å². The quantitative estimate of drug-likeness (QED) is 0.767. The molecular weight excluding hydrogens is 216 g/mol. The summed E-state index contributed by atoms with van der Waals surface area (Å²) in [5, 5.41) is 11.1. The van der Waals surface area contributed by atoms with Crippen molar-refractivity contribution < 1.29 is 9.53 Å². The Hall–Kier alpha value is -2.02. The van der Waals surface area contributed by atoms with Crippen LogP contribution in [0.2, 0.25) is 0 Å². The van der Waals surface area contributed by atoms with E-state index in [4.69, 9.17) is 10.00 Å². The highest BCUT2D eigenvalue weighted by Crippen LogP contribution is 2.17. The van der Waals surface area contributed by atoms with Crippen LogP contribution in [0.3, 0.4) is 0 Å². The predicted octanol–water partition coefficient (Wildman–Crippen LogP) is 2.72. The molecule has 1 aromatic carbocycles. The first kappa shape index (κ1) is 13.0. The van der Waals surface area contributed by atoms with Crippen LogP contribution in [-0.2, 0) is 4.79 Å². The van der Waals surface area contributed by atoms with Crippen LogP contribution in [0.1, 0.15) is 26.2 Å². The Balaban J connectivity index is 2.48. The third-order valence-corrected chi connectivity index (χ3v) is 2.14. The van der Waals surface area contributed by atoms with E-state index in [-0.39, 0.29) is 5.91 Å². The molecule has 1 rings (SSSR count). The number of carbonyl (C=O) groups excluding carboxylic acids is 1. The van der Waals surface area contributed by atoms with Crippen LogP contribution in [-0.4, -0.2) is 12.5 Å². The van der Waals surface area contributed by atoms with E-state index in [1.165, 1.54) is 0 Å². The molecule has 0 saturated carbocycles. The Morgan fingerprint density at radius 1 is 1.53 bits per heavy atom. The fourth-order valence-electron chi connectivity index (χ4n) is 1.25. The lowest BCUT2D eigenvalue weighted by Crippen LogP contribution is -2.09. The molecule has 0 fully saturated rings. The first-order valence-electron chi connectivity index (χ1n) is 5.66. The van der Waals surface area contributed by atoms with Crippen molar-refractivity contribution in [3.05, 3.63) is 24.3 Å². The zero-order chi connectivity index (χ0) is 12.5. The zero-order valence-electron chi connectivity index (χ0n) is 9.90. The van der Waals surface area contributed by atoms with Gasteiger partial charge in [-0.3, -0.25) is 4.79 Å². The van der Waals surface area contributed by atoms with Gasteiger partial charge >= 0.3 is 0 Å². The molecule has 17 heavy (non-hydrogen) atoms. The maximum Gasteiger partial charge on any atom is 0.224 e. The molecule has 4 heteroatoms. The topological polar surface area (TPSA) is 62.1 Å². The van der Waals surface area contributed by atoms with Gasteiger partial charge in [-0.2, -0.15) is 5.26 Å². The van der Waals surface area contributed by atoms with Gasteiger partial charge in [-0.15, -0.1) is 0 Å². The van der Waals surface area contributed by atoms with Gasteiger partial charge in [-0.1, -0.05) is 13.0 Å². The van der Waals surface area contributed by atoms with Crippen LogP contribution < -0.4 is 10.1 Å². The zero-order valence-corrected chi connectivity index (χ0v) is 9.90. The molecule has 0 aliphatic rings. The molecule has 1 N–H and O–H groups in total. The predicted molar refractivity (Wildman–Crippen MR) is 65.7 cm³/mol. The normalized spacial score (nSPS) is 9.41. The summed E-state index contributed by atoms with van der Waals surface area (Å²) in [6.07, 6.45) is 1.65. The highest BCUT2D eigenvalue weighted by atomic mass is 16.5. The Labute approximate surface area is 101 Å². The van der Waals surface area contributed by atoms with E-state index in [1.54, 1.807) is 13.0 Å². The second kappa shape index (κ2) is 7.29. The summed E-state index contributed by atoms with van der Waals surface area (Å²) in [5.74, 6) is 0.684. The van der Waals surface area contributed by atoms with Gasteiger partial charge in [0.1, 0.15) is 5.75 Å². The Morgan fingerprint density at radius 2 is 2.35 bits per heavy atom. The number of anilines is 1. The summed E-state index contributed by atoms with van der Waals surface area (Å²) < 4.78 is 5.46. The summed E-state index contributed by atoms with van der Waals surface area (Å²) >= 11 is 0. The summed E-state index contributed by atoms with van der Waals surface area (Å²) in [6.45, 7) is 2.32. The molecular formula is C13H16N2O2. The molecule has 0 bridgehead atoms. The van der Waals surface area contributed by atoms with E-state index in [2.05, 4.69) is 11.4 Å². The van der Waals surface area contributed by atoms with Crippen molar-refractivity contribution in [1.82, 2.24) is 0 Å². The fourth-order valence-corrected chi connectivity index (χ4v) is 1.25. The van der Waals surface area contributed by atoms with Crippen molar-refractivity contribution >= 4 is 11.6 Å². The molecule has 0 unspecified atom stereocenters. The van der Waals surface area contributed by atoms with Crippen LogP contribution >= 0.6 is 0 Å². The lowest BCUT2D eigenvalue weighted by atomic mass is 10.3. The number of nitrogens with one attached hydrogen (secondary N) is 1. The molecule has 0 radical (unpaired) electrons. The minimum absolute atomic E-state index is 0.0216. The van der Waals surface area contributed by atoms with Gasteiger partial charge in [0.15, 0.2) is 0 Å². The molecule has 0 aliphatic carbocycles. The number of benzene rings is 1. The number of unbranched alkanes of at least 4 members (excludes halogenated alkanes) is 1. The van der Waals surface area contributed by atoms with Crippen LogP contribution in [0.15, 0.2) is 24.3 Å². The summed E-state index contributed by atoms with van der Waals surface area (Å²) in [4.78, 5) is 11.2. The van der Waals surface area contributed by atoms with Gasteiger partial charge in [-0.05, 0) is 18.6 Å². The molecule has 1 aromatic rings. The van der Waals surface area contributed by atoms with Crippen LogP contribution in [0.5, 0.6) is 5.75 Å². The molecule has 90 valence electrons. The molecule has 0 aliphatic heterocycles. The molecule has 4 nitrogen and oxygen atoms in total. The number of amides is 1. The second-order valence-electron chi connectivity index (χ2n) is 3.54. The molecule has 0 spiro atoms. The van der Waals surface area contributed by atoms with Crippen molar-refractivity contribution in [2.75, 3.05) is 11.9 Å². The molecule has 0 atom stereocenters. The van der Waals surface area contributed by atoms with Crippen molar-refractivity contribution in [3.8, 4) is 11.8 Å². The average Bonchev–Trinajstić information content (AvgIpc) is 2.35. The monoisotopic (exact) mass is 232 g/mol. The first-order chi connectivity index (χ1) is 8.26. The lowest BCUT2D eigenvalue weighted by Gasteiger charge is -2.07. The lowest BCUT2D eigenvalue weighted by molar-refractivity contribution is -0.115. The number of carbonyl (C=O) groups is 1. The van der Waals surface area contributed by atoms with Gasteiger partial charge in [0.05, 0.1) is 12.7 Å².